The highest BCUT2D eigenvalue weighted by molar-refractivity contribution is 5.72. The van der Waals surface area contributed by atoms with Gasteiger partial charge in [-0.1, -0.05) is 30.3 Å². The molecule has 0 aliphatic carbocycles. The molecule has 0 spiro atoms. The number of rotatable bonds is 7. The number of aromatic hydroxyl groups is 1. The first kappa shape index (κ1) is 23.6. The van der Waals surface area contributed by atoms with Crippen LogP contribution in [0.15, 0.2) is 78.2 Å². The average Bonchev–Trinajstić information content (AvgIpc) is 3.35. The van der Waals surface area contributed by atoms with Crippen molar-refractivity contribution in [2.45, 2.75) is 12.5 Å². The molecule has 37 heavy (non-hydrogen) atoms. The zero-order valence-electron chi connectivity index (χ0n) is 20.2. The molecule has 9 heteroatoms. The summed E-state index contributed by atoms with van der Waals surface area (Å²) in [6.45, 7) is 0.454. The SMILES string of the molecule is COc1cc([C@H]2C(C#N)=C(N)Oc3n[nH]c(-c4ccc(OCc5ccccc5)cc4)c32)cc(OC)c1O. The smallest absolute Gasteiger partial charge is 0.244 e. The zero-order valence-corrected chi connectivity index (χ0v) is 20.2. The summed E-state index contributed by atoms with van der Waals surface area (Å²) in [6.07, 6.45) is 0. The zero-order chi connectivity index (χ0) is 25.9. The van der Waals surface area contributed by atoms with Crippen molar-refractivity contribution in [1.82, 2.24) is 10.2 Å². The Kier molecular flexibility index (Phi) is 6.31. The van der Waals surface area contributed by atoms with Crippen molar-refractivity contribution in [3.63, 3.8) is 0 Å². The molecule has 186 valence electrons. The number of phenols is 1. The average molecular weight is 497 g/mol. The van der Waals surface area contributed by atoms with Crippen LogP contribution in [0.3, 0.4) is 0 Å². The normalized spacial score (nSPS) is 14.4. The Morgan fingerprint density at radius 3 is 2.35 bits per heavy atom. The lowest BCUT2D eigenvalue weighted by Crippen LogP contribution is -2.21. The van der Waals surface area contributed by atoms with Gasteiger partial charge in [-0.25, -0.2) is 0 Å². The van der Waals surface area contributed by atoms with E-state index in [1.165, 1.54) is 14.2 Å². The van der Waals surface area contributed by atoms with Gasteiger partial charge in [0.1, 0.15) is 24.0 Å². The number of aromatic amines is 1. The number of nitrogens with zero attached hydrogens (tertiary/aromatic N) is 2. The van der Waals surface area contributed by atoms with Gasteiger partial charge in [-0.2, -0.15) is 5.26 Å². The highest BCUT2D eigenvalue weighted by Gasteiger charge is 2.36. The maximum absolute atomic E-state index is 10.4. The first-order valence-electron chi connectivity index (χ1n) is 11.4. The molecule has 0 radical (unpaired) electrons. The van der Waals surface area contributed by atoms with Crippen molar-refractivity contribution in [2.75, 3.05) is 14.2 Å². The van der Waals surface area contributed by atoms with Crippen LogP contribution in [-0.2, 0) is 6.61 Å². The molecule has 0 unspecified atom stereocenters. The molecule has 4 aromatic rings. The van der Waals surface area contributed by atoms with Gasteiger partial charge in [-0.05, 0) is 47.5 Å². The monoisotopic (exact) mass is 496 g/mol. The summed E-state index contributed by atoms with van der Waals surface area (Å²) in [4.78, 5) is 0. The Bertz CT molecular complexity index is 1480. The largest absolute Gasteiger partial charge is 0.502 e. The van der Waals surface area contributed by atoms with Crippen LogP contribution >= 0.6 is 0 Å². The molecule has 0 fully saturated rings. The third-order valence-corrected chi connectivity index (χ3v) is 6.17. The van der Waals surface area contributed by atoms with Gasteiger partial charge in [0.25, 0.3) is 0 Å². The molecule has 1 aromatic heterocycles. The molecule has 3 aromatic carbocycles. The summed E-state index contributed by atoms with van der Waals surface area (Å²) in [6, 6.07) is 22.9. The number of nitriles is 1. The number of nitrogens with two attached hydrogens (primary N) is 1. The van der Waals surface area contributed by atoms with E-state index in [1.807, 2.05) is 54.6 Å². The van der Waals surface area contributed by atoms with Gasteiger partial charge in [-0.15, -0.1) is 5.10 Å². The molecule has 4 N–H and O–H groups in total. The summed E-state index contributed by atoms with van der Waals surface area (Å²) in [5.41, 5.74) is 10.1. The second-order valence-electron chi connectivity index (χ2n) is 8.31. The second kappa shape index (κ2) is 9.87. The van der Waals surface area contributed by atoms with Crippen LogP contribution in [0.4, 0.5) is 0 Å². The lowest BCUT2D eigenvalue weighted by atomic mass is 9.82. The van der Waals surface area contributed by atoms with E-state index < -0.39 is 5.92 Å². The lowest BCUT2D eigenvalue weighted by molar-refractivity contribution is 0.306. The number of nitrogens with one attached hydrogen (secondary N) is 1. The molecule has 1 aliphatic rings. The standard InChI is InChI=1S/C28H24N4O5/c1-34-21-12-18(13-22(35-2)26(21)33)23-20(14-29)27(30)37-28-24(23)25(31-32-28)17-8-10-19(11-9-17)36-15-16-6-4-3-5-7-16/h3-13,23,33H,15,30H2,1-2H3,(H,31,32)/t23-/m0/s1. The quantitative estimate of drug-likeness (QED) is 0.338. The summed E-state index contributed by atoms with van der Waals surface area (Å²) >= 11 is 0. The minimum atomic E-state index is -0.653. The third-order valence-electron chi connectivity index (χ3n) is 6.17. The highest BCUT2D eigenvalue weighted by atomic mass is 16.5. The molecular weight excluding hydrogens is 472 g/mol. The maximum atomic E-state index is 10.4. The van der Waals surface area contributed by atoms with Gasteiger partial charge in [0.15, 0.2) is 11.5 Å². The van der Waals surface area contributed by atoms with E-state index in [4.69, 9.17) is 24.7 Å². The van der Waals surface area contributed by atoms with Gasteiger partial charge in [0.05, 0.1) is 31.4 Å². The summed E-state index contributed by atoms with van der Waals surface area (Å²) < 4.78 is 22.3. The fraction of sp³-hybridized carbons (Fsp3) is 0.143. The molecular formula is C28H24N4O5. The predicted molar refractivity (Wildman–Crippen MR) is 135 cm³/mol. The number of aromatic nitrogens is 2. The van der Waals surface area contributed by atoms with Gasteiger partial charge >= 0.3 is 0 Å². The fourth-order valence-electron chi connectivity index (χ4n) is 4.34. The number of fused-ring (bicyclic) bond motifs is 1. The van der Waals surface area contributed by atoms with E-state index in [-0.39, 0.29) is 34.6 Å². The van der Waals surface area contributed by atoms with E-state index in [0.717, 1.165) is 11.1 Å². The van der Waals surface area contributed by atoms with Gasteiger partial charge in [0.2, 0.25) is 17.5 Å². The Morgan fingerprint density at radius 2 is 1.73 bits per heavy atom. The topological polar surface area (TPSA) is 136 Å². The number of hydrogen-bond acceptors (Lipinski definition) is 8. The number of hydrogen-bond donors (Lipinski definition) is 3. The molecule has 0 saturated carbocycles. The van der Waals surface area contributed by atoms with E-state index in [1.54, 1.807) is 12.1 Å². The third kappa shape index (κ3) is 4.36. The number of methoxy groups -OCH3 is 2. The van der Waals surface area contributed by atoms with Crippen LogP contribution < -0.4 is 24.7 Å². The minimum absolute atomic E-state index is 0.0475. The lowest BCUT2D eigenvalue weighted by Gasteiger charge is -2.25. The summed E-state index contributed by atoms with van der Waals surface area (Å²) in [7, 11) is 2.88. The Labute approximate surface area is 213 Å². The van der Waals surface area contributed by atoms with Gasteiger partial charge < -0.3 is 29.8 Å². The molecule has 0 amide bonds. The van der Waals surface area contributed by atoms with Crippen LogP contribution in [-0.4, -0.2) is 29.5 Å². The van der Waals surface area contributed by atoms with Crippen molar-refractivity contribution < 1.29 is 24.1 Å². The Balaban J connectivity index is 1.54. The van der Waals surface area contributed by atoms with Crippen molar-refractivity contribution in [1.29, 1.82) is 5.26 Å². The first-order valence-corrected chi connectivity index (χ1v) is 11.4. The summed E-state index contributed by atoms with van der Waals surface area (Å²) in [5, 5.41) is 27.7. The fourth-order valence-corrected chi connectivity index (χ4v) is 4.34. The molecule has 1 atom stereocenters. The van der Waals surface area contributed by atoms with Gasteiger partial charge in [-0.3, -0.25) is 5.10 Å². The first-order chi connectivity index (χ1) is 18.0. The van der Waals surface area contributed by atoms with Crippen molar-refractivity contribution in [3.8, 4) is 46.2 Å². The van der Waals surface area contributed by atoms with E-state index in [0.29, 0.717) is 29.2 Å². The number of benzene rings is 3. The minimum Gasteiger partial charge on any atom is -0.502 e. The second-order valence-corrected chi connectivity index (χ2v) is 8.31. The summed E-state index contributed by atoms with van der Waals surface area (Å²) in [5.74, 6) is 0.519. The van der Waals surface area contributed by atoms with Crippen molar-refractivity contribution in [2.24, 2.45) is 5.73 Å². The number of allylic oxidation sites excluding steroid dienone is 1. The maximum Gasteiger partial charge on any atom is 0.244 e. The van der Waals surface area contributed by atoms with Crippen LogP contribution in [0, 0.1) is 11.3 Å². The molecule has 9 nitrogen and oxygen atoms in total. The Morgan fingerprint density at radius 1 is 1.05 bits per heavy atom. The van der Waals surface area contributed by atoms with Crippen molar-refractivity contribution >= 4 is 0 Å². The molecule has 0 saturated heterocycles. The molecule has 5 rings (SSSR count). The molecule has 2 heterocycles. The highest BCUT2D eigenvalue weighted by Crippen LogP contribution is 2.49. The number of H-pyrrole nitrogens is 1. The van der Waals surface area contributed by atoms with Crippen LogP contribution in [0.2, 0.25) is 0 Å². The Hall–Kier alpha value is -5.10. The van der Waals surface area contributed by atoms with Crippen molar-refractivity contribution in [3.05, 3.63) is 94.9 Å². The van der Waals surface area contributed by atoms with E-state index >= 15 is 0 Å². The van der Waals surface area contributed by atoms with Crippen LogP contribution in [0.5, 0.6) is 28.9 Å². The molecule has 0 bridgehead atoms. The predicted octanol–water partition coefficient (Wildman–Crippen LogP) is 4.60. The van der Waals surface area contributed by atoms with E-state index in [2.05, 4.69) is 16.3 Å². The number of phenolic OH excluding ortho intramolecular Hbond substituents is 1. The van der Waals surface area contributed by atoms with Gasteiger partial charge in [0, 0.05) is 5.56 Å². The van der Waals surface area contributed by atoms with Crippen LogP contribution in [0.1, 0.15) is 22.6 Å². The number of ether oxygens (including phenoxy) is 4. The van der Waals surface area contributed by atoms with E-state index in [9.17, 15) is 10.4 Å². The van der Waals surface area contributed by atoms with Crippen LogP contribution in [0.25, 0.3) is 11.3 Å². The molecule has 1 aliphatic heterocycles.